The fourth-order valence-corrected chi connectivity index (χ4v) is 4.81. The van der Waals surface area contributed by atoms with Crippen molar-refractivity contribution < 1.29 is 27.9 Å². The molecule has 5 rings (SSSR count). The molecule has 3 atom stereocenters. The van der Waals surface area contributed by atoms with E-state index in [4.69, 9.17) is 14.7 Å². The second kappa shape index (κ2) is 7.77. The standard InChI is InChI=1S/C21H16F3N3O3S/c22-21(23,24)18-9-14(13-6-5-11-3-1-2-4-12(11)7-13)25-20(26-18)31-17-8-15(27-28)19-29-10-16(17)30-19/h1-7,9,16-17,19,28H,8,10H2/b27-15+/t16-,17-,19+/m1/s1. The summed E-state index contributed by atoms with van der Waals surface area (Å²) in [5.41, 5.74) is 0.0357. The largest absolute Gasteiger partial charge is 0.433 e. The summed E-state index contributed by atoms with van der Waals surface area (Å²) in [5, 5.41) is 13.9. The number of benzene rings is 2. The van der Waals surface area contributed by atoms with Crippen LogP contribution in [0, 0.1) is 0 Å². The lowest BCUT2D eigenvalue weighted by atomic mass is 10.0. The van der Waals surface area contributed by atoms with E-state index in [1.165, 1.54) is 0 Å². The quantitative estimate of drug-likeness (QED) is 0.355. The molecule has 3 aromatic rings. The summed E-state index contributed by atoms with van der Waals surface area (Å²) in [6, 6.07) is 14.0. The first-order valence-electron chi connectivity index (χ1n) is 9.51. The van der Waals surface area contributed by atoms with E-state index in [0.717, 1.165) is 28.6 Å². The first kappa shape index (κ1) is 20.2. The second-order valence-electron chi connectivity index (χ2n) is 7.27. The topological polar surface area (TPSA) is 76.8 Å². The van der Waals surface area contributed by atoms with Crippen molar-refractivity contribution in [3.63, 3.8) is 0 Å². The second-order valence-corrected chi connectivity index (χ2v) is 8.48. The SMILES string of the molecule is O/N=C1\C[C@@H](Sc2nc(-c3ccc4ccccc4c3)cc(C(F)(F)F)n2)[C@H]2CO[C@H]1O2. The van der Waals surface area contributed by atoms with Crippen molar-refractivity contribution in [3.8, 4) is 11.3 Å². The molecule has 1 aromatic heterocycles. The highest BCUT2D eigenvalue weighted by atomic mass is 32.2. The number of ether oxygens (including phenoxy) is 2. The molecule has 0 amide bonds. The first-order chi connectivity index (χ1) is 14.9. The third kappa shape index (κ3) is 3.98. The maximum Gasteiger partial charge on any atom is 0.433 e. The van der Waals surface area contributed by atoms with E-state index in [2.05, 4.69) is 15.1 Å². The highest BCUT2D eigenvalue weighted by molar-refractivity contribution is 7.99. The molecule has 10 heteroatoms. The van der Waals surface area contributed by atoms with Crippen LogP contribution >= 0.6 is 11.8 Å². The van der Waals surface area contributed by atoms with Crippen molar-refractivity contribution in [1.29, 1.82) is 0 Å². The van der Waals surface area contributed by atoms with E-state index in [9.17, 15) is 13.2 Å². The molecule has 0 radical (unpaired) electrons. The molecule has 0 unspecified atom stereocenters. The van der Waals surface area contributed by atoms with Crippen molar-refractivity contribution in [2.75, 3.05) is 6.61 Å². The van der Waals surface area contributed by atoms with Gasteiger partial charge in [-0.05, 0) is 22.9 Å². The van der Waals surface area contributed by atoms with Gasteiger partial charge in [0.1, 0.15) is 11.4 Å². The average Bonchev–Trinajstić information content (AvgIpc) is 3.19. The first-order valence-corrected chi connectivity index (χ1v) is 10.4. The Morgan fingerprint density at radius 2 is 1.87 bits per heavy atom. The van der Waals surface area contributed by atoms with Gasteiger partial charge in [-0.3, -0.25) is 0 Å². The molecule has 6 nitrogen and oxygen atoms in total. The van der Waals surface area contributed by atoms with Gasteiger partial charge in [-0.25, -0.2) is 9.97 Å². The Bertz CT molecular complexity index is 1170. The number of hydrogen-bond donors (Lipinski definition) is 1. The third-order valence-corrected chi connectivity index (χ3v) is 6.40. The molecule has 2 aliphatic heterocycles. The van der Waals surface area contributed by atoms with Crippen LogP contribution in [0.5, 0.6) is 0 Å². The maximum absolute atomic E-state index is 13.6. The zero-order chi connectivity index (χ0) is 21.6. The minimum absolute atomic E-state index is 0.0192. The van der Waals surface area contributed by atoms with Crippen LogP contribution in [0.25, 0.3) is 22.0 Å². The van der Waals surface area contributed by atoms with Crippen LogP contribution in [0.4, 0.5) is 13.2 Å². The smallest absolute Gasteiger partial charge is 0.411 e. The summed E-state index contributed by atoms with van der Waals surface area (Å²) in [5.74, 6) is 0. The molecule has 0 aliphatic carbocycles. The summed E-state index contributed by atoms with van der Waals surface area (Å²) in [6.45, 7) is 0.262. The molecule has 2 fully saturated rings. The van der Waals surface area contributed by atoms with Crippen molar-refractivity contribution in [3.05, 3.63) is 54.2 Å². The molecule has 2 bridgehead atoms. The summed E-state index contributed by atoms with van der Waals surface area (Å²) >= 11 is 1.07. The molecule has 31 heavy (non-hydrogen) atoms. The summed E-state index contributed by atoms with van der Waals surface area (Å²) in [7, 11) is 0. The highest BCUT2D eigenvalue weighted by Crippen LogP contribution is 2.38. The Kier molecular flexibility index (Phi) is 5.07. The molecular formula is C21H16F3N3O3S. The fraction of sp³-hybridized carbons (Fsp3) is 0.286. The Morgan fingerprint density at radius 3 is 2.65 bits per heavy atom. The van der Waals surface area contributed by atoms with Crippen molar-refractivity contribution >= 4 is 28.2 Å². The van der Waals surface area contributed by atoms with Crippen molar-refractivity contribution in [2.24, 2.45) is 5.16 Å². The van der Waals surface area contributed by atoms with Crippen molar-refractivity contribution in [1.82, 2.24) is 9.97 Å². The van der Waals surface area contributed by atoms with Gasteiger partial charge in [0.15, 0.2) is 5.16 Å². The van der Waals surface area contributed by atoms with E-state index in [1.54, 1.807) is 6.07 Å². The molecule has 2 aromatic carbocycles. The number of thioether (sulfide) groups is 1. The zero-order valence-corrected chi connectivity index (χ0v) is 16.7. The van der Waals surface area contributed by atoms with Gasteiger partial charge in [-0.1, -0.05) is 53.3 Å². The van der Waals surface area contributed by atoms with Gasteiger partial charge in [0.05, 0.1) is 18.4 Å². The number of halogens is 3. The molecule has 3 heterocycles. The third-order valence-electron chi connectivity index (χ3n) is 5.23. The number of nitrogens with zero attached hydrogens (tertiary/aromatic N) is 3. The van der Waals surface area contributed by atoms with Crippen LogP contribution in [-0.4, -0.2) is 45.1 Å². The highest BCUT2D eigenvalue weighted by Gasteiger charge is 2.43. The number of rotatable bonds is 3. The predicted octanol–water partition coefficient (Wildman–Crippen LogP) is 4.75. The zero-order valence-electron chi connectivity index (χ0n) is 15.9. The fourth-order valence-electron chi connectivity index (χ4n) is 3.68. The summed E-state index contributed by atoms with van der Waals surface area (Å²) < 4.78 is 51.7. The lowest BCUT2D eigenvalue weighted by molar-refractivity contribution is -0.141. The minimum atomic E-state index is -4.62. The number of fused-ring (bicyclic) bond motifs is 3. The van der Waals surface area contributed by atoms with E-state index < -0.39 is 18.2 Å². The Hall–Kier alpha value is -2.69. The van der Waals surface area contributed by atoms with Gasteiger partial charge in [-0.15, -0.1) is 0 Å². The lowest BCUT2D eigenvalue weighted by Gasteiger charge is -2.26. The van der Waals surface area contributed by atoms with Crippen LogP contribution < -0.4 is 0 Å². The van der Waals surface area contributed by atoms with Crippen LogP contribution in [-0.2, 0) is 15.7 Å². The minimum Gasteiger partial charge on any atom is -0.411 e. The normalized spacial score (nSPS) is 24.7. The number of aromatic nitrogens is 2. The Labute approximate surface area is 179 Å². The number of hydrogen-bond acceptors (Lipinski definition) is 7. The molecule has 0 saturated carbocycles. The average molecular weight is 447 g/mol. The monoisotopic (exact) mass is 447 g/mol. The Balaban J connectivity index is 1.53. The predicted molar refractivity (Wildman–Crippen MR) is 108 cm³/mol. The molecular weight excluding hydrogens is 431 g/mol. The molecule has 2 aliphatic rings. The molecule has 1 N–H and O–H groups in total. The van der Waals surface area contributed by atoms with Crippen LogP contribution in [0.15, 0.2) is 58.8 Å². The lowest BCUT2D eigenvalue weighted by Crippen LogP contribution is -2.37. The Morgan fingerprint density at radius 1 is 1.06 bits per heavy atom. The van der Waals surface area contributed by atoms with E-state index in [-0.39, 0.29) is 28.8 Å². The summed E-state index contributed by atoms with van der Waals surface area (Å²) in [4.78, 5) is 8.15. The van der Waals surface area contributed by atoms with Gasteiger partial charge in [0.2, 0.25) is 6.29 Å². The van der Waals surface area contributed by atoms with Crippen LogP contribution in [0.1, 0.15) is 12.1 Å². The van der Waals surface area contributed by atoms with Gasteiger partial charge in [0.25, 0.3) is 0 Å². The molecule has 2 saturated heterocycles. The van der Waals surface area contributed by atoms with Gasteiger partial charge in [0, 0.05) is 17.2 Å². The van der Waals surface area contributed by atoms with Gasteiger partial charge >= 0.3 is 6.18 Å². The van der Waals surface area contributed by atoms with E-state index >= 15 is 0 Å². The van der Waals surface area contributed by atoms with Crippen molar-refractivity contribution in [2.45, 2.75) is 35.4 Å². The maximum atomic E-state index is 13.6. The molecule has 160 valence electrons. The van der Waals surface area contributed by atoms with Crippen LogP contribution in [0.2, 0.25) is 0 Å². The van der Waals surface area contributed by atoms with Gasteiger partial charge in [-0.2, -0.15) is 13.2 Å². The van der Waals surface area contributed by atoms with Gasteiger partial charge < -0.3 is 14.7 Å². The van der Waals surface area contributed by atoms with E-state index in [0.29, 0.717) is 17.7 Å². The van der Waals surface area contributed by atoms with Crippen LogP contribution in [0.3, 0.4) is 0 Å². The summed E-state index contributed by atoms with van der Waals surface area (Å²) in [6.07, 6.45) is -5.36. The van der Waals surface area contributed by atoms with E-state index in [1.807, 2.05) is 36.4 Å². The molecule has 0 spiro atoms. The number of alkyl halides is 3. The number of oxime groups is 1.